The second-order valence-electron chi connectivity index (χ2n) is 8.20. The van der Waals surface area contributed by atoms with E-state index in [9.17, 15) is 18.5 Å². The van der Waals surface area contributed by atoms with E-state index in [1.165, 1.54) is 31.0 Å². The molecule has 0 aliphatic heterocycles. The van der Waals surface area contributed by atoms with E-state index in [1.54, 1.807) is 24.4 Å². The molecule has 0 fully saturated rings. The summed E-state index contributed by atoms with van der Waals surface area (Å²) in [6.45, 7) is 0. The molecule has 0 saturated heterocycles. The summed E-state index contributed by atoms with van der Waals surface area (Å²) in [5.74, 6) is -0.250. The molecule has 0 unspecified atom stereocenters. The molecular formula is C27H20N6O4S2. The van der Waals surface area contributed by atoms with Crippen LogP contribution in [0.5, 0.6) is 0 Å². The number of nitrogens with one attached hydrogen (secondary N) is 2. The number of esters is 1. The second-order valence-corrected chi connectivity index (χ2v) is 10.8. The minimum absolute atomic E-state index is 0.00460. The number of pyridine rings is 2. The van der Waals surface area contributed by atoms with Gasteiger partial charge < -0.3 is 4.74 Å². The number of ether oxygens (including phenoxy) is 1. The van der Waals surface area contributed by atoms with Crippen molar-refractivity contribution in [1.29, 1.82) is 5.26 Å². The highest BCUT2D eigenvalue weighted by molar-refractivity contribution is 7.98. The van der Waals surface area contributed by atoms with Crippen molar-refractivity contribution >= 4 is 44.5 Å². The molecule has 12 heteroatoms. The molecule has 0 saturated carbocycles. The molecular weight excluding hydrogens is 536 g/mol. The topological polar surface area (TPSA) is 151 Å². The lowest BCUT2D eigenvalue weighted by atomic mass is 10.1. The van der Waals surface area contributed by atoms with Crippen molar-refractivity contribution in [3.8, 4) is 17.3 Å². The van der Waals surface area contributed by atoms with Gasteiger partial charge in [0.1, 0.15) is 16.0 Å². The molecule has 39 heavy (non-hydrogen) atoms. The number of hydrogen-bond donors (Lipinski definition) is 2. The van der Waals surface area contributed by atoms with Crippen LogP contribution in [0.1, 0.15) is 21.6 Å². The van der Waals surface area contributed by atoms with Crippen LogP contribution in [0.15, 0.2) is 88.9 Å². The van der Waals surface area contributed by atoms with Gasteiger partial charge in [0.05, 0.1) is 40.7 Å². The van der Waals surface area contributed by atoms with Crippen molar-refractivity contribution in [2.75, 3.05) is 11.8 Å². The SMILES string of the molecule is COC(=O)c1ccc(C#N)c(S(=O)(=O)Nc2n[nH]c(SCc3ccc4ccccc4n3)c2-c2ccccn2)c1. The number of thioether (sulfide) groups is 1. The number of anilines is 1. The number of benzene rings is 2. The van der Waals surface area contributed by atoms with Crippen LogP contribution < -0.4 is 4.72 Å². The lowest BCUT2D eigenvalue weighted by Crippen LogP contribution is -2.16. The number of hydrogen-bond acceptors (Lipinski definition) is 9. The maximum Gasteiger partial charge on any atom is 0.337 e. The molecule has 10 nitrogen and oxygen atoms in total. The molecule has 0 aliphatic rings. The quantitative estimate of drug-likeness (QED) is 0.203. The largest absolute Gasteiger partial charge is 0.465 e. The summed E-state index contributed by atoms with van der Waals surface area (Å²) in [6.07, 6.45) is 1.59. The maximum absolute atomic E-state index is 13.4. The van der Waals surface area contributed by atoms with Crippen molar-refractivity contribution in [1.82, 2.24) is 20.2 Å². The van der Waals surface area contributed by atoms with Gasteiger partial charge in [-0.3, -0.25) is 19.8 Å². The number of sulfonamides is 1. The van der Waals surface area contributed by atoms with E-state index in [4.69, 9.17) is 9.72 Å². The number of H-pyrrole nitrogens is 1. The third-order valence-electron chi connectivity index (χ3n) is 5.72. The first-order valence-corrected chi connectivity index (χ1v) is 14.0. The molecule has 0 aliphatic carbocycles. The number of methoxy groups -OCH3 is 1. The fourth-order valence-corrected chi connectivity index (χ4v) is 5.96. The predicted octanol–water partition coefficient (Wildman–Crippen LogP) is 4.77. The van der Waals surface area contributed by atoms with E-state index in [2.05, 4.69) is 19.9 Å². The summed E-state index contributed by atoms with van der Waals surface area (Å²) in [5.41, 5.74) is 2.49. The van der Waals surface area contributed by atoms with E-state index >= 15 is 0 Å². The summed E-state index contributed by atoms with van der Waals surface area (Å²) in [7, 11) is -3.16. The molecule has 0 bridgehead atoms. The Morgan fingerprint density at radius 1 is 1.10 bits per heavy atom. The van der Waals surface area contributed by atoms with Gasteiger partial charge in [-0.05, 0) is 42.5 Å². The van der Waals surface area contributed by atoms with Crippen LogP contribution in [0.2, 0.25) is 0 Å². The third kappa shape index (κ3) is 5.45. The Hall–Kier alpha value is -4.73. The number of rotatable bonds is 8. The first-order valence-electron chi connectivity index (χ1n) is 11.5. The minimum Gasteiger partial charge on any atom is -0.465 e. The predicted molar refractivity (Wildman–Crippen MR) is 146 cm³/mol. The van der Waals surface area contributed by atoms with Gasteiger partial charge in [0, 0.05) is 17.3 Å². The summed E-state index contributed by atoms with van der Waals surface area (Å²) >= 11 is 1.39. The minimum atomic E-state index is -4.34. The number of carbonyl (C=O) groups is 1. The normalized spacial score (nSPS) is 11.2. The molecule has 5 rings (SSSR count). The maximum atomic E-state index is 13.4. The number of carbonyl (C=O) groups excluding carboxylic acids is 1. The van der Waals surface area contributed by atoms with Crippen LogP contribution in [0.25, 0.3) is 22.2 Å². The second kappa shape index (κ2) is 10.9. The summed E-state index contributed by atoms with van der Waals surface area (Å²) in [4.78, 5) is 20.7. The zero-order chi connectivity index (χ0) is 27.4. The van der Waals surface area contributed by atoms with Crippen LogP contribution >= 0.6 is 11.8 Å². The molecule has 5 aromatic rings. The van der Waals surface area contributed by atoms with Crippen molar-refractivity contribution in [3.63, 3.8) is 0 Å². The van der Waals surface area contributed by atoms with Gasteiger partial charge in [0.2, 0.25) is 0 Å². The lowest BCUT2D eigenvalue weighted by Gasteiger charge is -2.11. The highest BCUT2D eigenvalue weighted by Gasteiger charge is 2.26. The Morgan fingerprint density at radius 3 is 2.69 bits per heavy atom. The standard InChI is InChI=1S/C27H20N6O4S2/c1-37-27(34)18-9-10-19(15-28)23(14-18)39(35,36)33-25-24(22-8-4-5-13-29-22)26(32-31-25)38-16-20-12-11-17-6-2-3-7-21(17)30-20/h2-14H,16H2,1H3,(H2,31,32,33). The number of nitriles is 1. The zero-order valence-corrected chi connectivity index (χ0v) is 22.1. The van der Waals surface area contributed by atoms with Gasteiger partial charge in [-0.25, -0.2) is 13.2 Å². The van der Waals surface area contributed by atoms with Crippen molar-refractivity contribution in [2.45, 2.75) is 15.7 Å². The van der Waals surface area contributed by atoms with E-state index in [1.807, 2.05) is 42.5 Å². The van der Waals surface area contributed by atoms with Crippen LogP contribution in [0, 0.1) is 11.3 Å². The van der Waals surface area contributed by atoms with Crippen molar-refractivity contribution in [3.05, 3.63) is 95.8 Å². The Kier molecular flexibility index (Phi) is 7.27. The molecule has 2 aromatic carbocycles. The third-order valence-corrected chi connectivity index (χ3v) is 8.12. The Bertz CT molecular complexity index is 1830. The van der Waals surface area contributed by atoms with E-state index < -0.39 is 16.0 Å². The fraction of sp³-hybridized carbons (Fsp3) is 0.0741. The van der Waals surface area contributed by atoms with Gasteiger partial charge in [-0.1, -0.05) is 42.1 Å². The fourth-order valence-electron chi connectivity index (χ4n) is 3.85. The number of aromatic amines is 1. The molecule has 0 amide bonds. The van der Waals surface area contributed by atoms with Gasteiger partial charge in [-0.15, -0.1) is 0 Å². The average Bonchev–Trinajstić information content (AvgIpc) is 3.37. The molecule has 0 radical (unpaired) electrons. The van der Waals surface area contributed by atoms with Gasteiger partial charge in [0.25, 0.3) is 10.0 Å². The van der Waals surface area contributed by atoms with Crippen LogP contribution in [-0.2, 0) is 20.5 Å². The zero-order valence-electron chi connectivity index (χ0n) is 20.5. The highest BCUT2D eigenvalue weighted by atomic mass is 32.2. The van der Waals surface area contributed by atoms with E-state index in [0.29, 0.717) is 22.0 Å². The Morgan fingerprint density at radius 2 is 1.92 bits per heavy atom. The molecule has 194 valence electrons. The number of para-hydroxylation sites is 1. The van der Waals surface area contributed by atoms with Gasteiger partial charge in [-0.2, -0.15) is 10.4 Å². The van der Waals surface area contributed by atoms with Gasteiger partial charge >= 0.3 is 5.97 Å². The van der Waals surface area contributed by atoms with Crippen molar-refractivity contribution in [2.24, 2.45) is 0 Å². The first kappa shape index (κ1) is 25.9. The summed E-state index contributed by atoms with van der Waals surface area (Å²) in [6, 6.07) is 22.5. The summed E-state index contributed by atoms with van der Waals surface area (Å²) in [5, 5.41) is 18.2. The molecule has 3 heterocycles. The van der Waals surface area contributed by atoms with E-state index in [-0.39, 0.29) is 21.8 Å². The average molecular weight is 557 g/mol. The van der Waals surface area contributed by atoms with Crippen LogP contribution in [-0.4, -0.2) is 41.7 Å². The van der Waals surface area contributed by atoms with E-state index in [0.717, 1.165) is 22.7 Å². The monoisotopic (exact) mass is 556 g/mol. The smallest absolute Gasteiger partial charge is 0.337 e. The number of fused-ring (bicyclic) bond motifs is 1. The molecule has 0 spiro atoms. The Labute approximate surface area is 228 Å². The van der Waals surface area contributed by atoms with Crippen LogP contribution in [0.4, 0.5) is 5.82 Å². The molecule has 2 N–H and O–H groups in total. The van der Waals surface area contributed by atoms with Crippen molar-refractivity contribution < 1.29 is 17.9 Å². The number of aromatic nitrogens is 4. The number of nitrogens with zero attached hydrogens (tertiary/aromatic N) is 4. The van der Waals surface area contributed by atoms with Crippen LogP contribution in [0.3, 0.4) is 0 Å². The summed E-state index contributed by atoms with van der Waals surface area (Å²) < 4.78 is 34.0. The highest BCUT2D eigenvalue weighted by Crippen LogP contribution is 2.37. The molecule has 0 atom stereocenters. The first-order chi connectivity index (χ1) is 18.9. The lowest BCUT2D eigenvalue weighted by molar-refractivity contribution is 0.0600. The Balaban J connectivity index is 1.50. The van der Waals surface area contributed by atoms with Gasteiger partial charge in [0.15, 0.2) is 5.82 Å². The molecule has 3 aromatic heterocycles.